The first-order chi connectivity index (χ1) is 11.0. The molecule has 118 valence electrons. The fourth-order valence-corrected chi connectivity index (χ4v) is 2.68. The Bertz CT molecular complexity index is 959. The van der Waals surface area contributed by atoms with E-state index in [9.17, 15) is 9.59 Å². The second-order valence-corrected chi connectivity index (χ2v) is 5.56. The maximum Gasteiger partial charge on any atom is 0.343 e. The van der Waals surface area contributed by atoms with Gasteiger partial charge in [-0.3, -0.25) is 9.89 Å². The number of aromatic amines is 1. The highest BCUT2D eigenvalue weighted by Gasteiger charge is 2.18. The molecule has 3 rings (SSSR count). The number of nitrogens with one attached hydrogen (secondary N) is 1. The van der Waals surface area contributed by atoms with Crippen molar-refractivity contribution in [2.24, 2.45) is 0 Å². The summed E-state index contributed by atoms with van der Waals surface area (Å²) in [6, 6.07) is 7.32. The van der Waals surface area contributed by atoms with Gasteiger partial charge in [0, 0.05) is 28.9 Å². The number of aryl methyl sites for hydroxylation is 1. The zero-order chi connectivity index (χ0) is 16.6. The topological polar surface area (TPSA) is 76.5 Å². The summed E-state index contributed by atoms with van der Waals surface area (Å²) in [4.78, 5) is 28.8. The predicted octanol–water partition coefficient (Wildman–Crippen LogP) is 2.36. The van der Waals surface area contributed by atoms with E-state index < -0.39 is 5.97 Å². The summed E-state index contributed by atoms with van der Waals surface area (Å²) >= 11 is 5.98. The van der Waals surface area contributed by atoms with Crippen LogP contribution in [0.5, 0.6) is 0 Å². The van der Waals surface area contributed by atoms with Crippen molar-refractivity contribution in [3.05, 3.63) is 68.2 Å². The van der Waals surface area contributed by atoms with Gasteiger partial charge in [-0.15, -0.1) is 0 Å². The Morgan fingerprint density at radius 3 is 2.91 bits per heavy atom. The van der Waals surface area contributed by atoms with E-state index in [0.29, 0.717) is 22.7 Å². The van der Waals surface area contributed by atoms with E-state index in [4.69, 9.17) is 16.3 Å². The average molecular weight is 332 g/mol. The number of nitrogens with zero attached hydrogens (tertiary/aromatic N) is 2. The van der Waals surface area contributed by atoms with Gasteiger partial charge >= 0.3 is 5.97 Å². The van der Waals surface area contributed by atoms with Crippen molar-refractivity contribution in [2.75, 3.05) is 7.11 Å². The van der Waals surface area contributed by atoms with Crippen LogP contribution in [0.3, 0.4) is 0 Å². The van der Waals surface area contributed by atoms with Crippen LogP contribution in [0.15, 0.2) is 35.3 Å². The fourth-order valence-electron chi connectivity index (χ4n) is 2.47. The molecule has 0 spiro atoms. The monoisotopic (exact) mass is 331 g/mol. The summed E-state index contributed by atoms with van der Waals surface area (Å²) in [5, 5.41) is 3.36. The number of ether oxygens (including phenoxy) is 1. The van der Waals surface area contributed by atoms with Gasteiger partial charge in [0.05, 0.1) is 7.11 Å². The molecule has 0 bridgehead atoms. The minimum atomic E-state index is -0.544. The molecule has 0 aliphatic rings. The molecule has 0 saturated carbocycles. The van der Waals surface area contributed by atoms with Crippen LogP contribution in [-0.4, -0.2) is 27.7 Å². The molecule has 0 unspecified atom stereocenters. The summed E-state index contributed by atoms with van der Waals surface area (Å²) in [6.07, 6.45) is 1.83. The molecular weight excluding hydrogens is 318 g/mol. The number of benzene rings is 1. The van der Waals surface area contributed by atoms with Gasteiger partial charge < -0.3 is 4.74 Å². The van der Waals surface area contributed by atoms with E-state index in [1.54, 1.807) is 13.0 Å². The van der Waals surface area contributed by atoms with E-state index in [1.807, 2.05) is 18.2 Å². The molecule has 1 aromatic carbocycles. The number of H-pyrrole nitrogens is 1. The predicted molar refractivity (Wildman–Crippen MR) is 86.1 cm³/mol. The van der Waals surface area contributed by atoms with Crippen LogP contribution in [0.2, 0.25) is 5.02 Å². The smallest absolute Gasteiger partial charge is 0.343 e. The summed E-state index contributed by atoms with van der Waals surface area (Å²) in [7, 11) is 1.28. The molecule has 0 aliphatic carbocycles. The number of carbonyl (C=O) groups excluding carboxylic acids is 1. The summed E-state index contributed by atoms with van der Waals surface area (Å²) in [6.45, 7) is 1.75. The third-order valence-electron chi connectivity index (χ3n) is 3.64. The second kappa shape index (κ2) is 5.89. The second-order valence-electron chi connectivity index (χ2n) is 5.13. The number of hydrogen-bond donors (Lipinski definition) is 1. The highest BCUT2D eigenvalue weighted by atomic mass is 35.5. The van der Waals surface area contributed by atoms with Crippen LogP contribution < -0.4 is 5.56 Å². The van der Waals surface area contributed by atoms with Crippen molar-refractivity contribution in [2.45, 2.75) is 13.3 Å². The van der Waals surface area contributed by atoms with Crippen molar-refractivity contribution in [3.63, 3.8) is 0 Å². The van der Waals surface area contributed by atoms with E-state index in [2.05, 4.69) is 10.1 Å². The average Bonchev–Trinajstić information content (AvgIpc) is 2.94. The quantitative estimate of drug-likeness (QED) is 0.747. The number of aromatic nitrogens is 3. The third kappa shape index (κ3) is 2.73. The lowest BCUT2D eigenvalue weighted by molar-refractivity contribution is 0.0602. The Labute approximate surface area is 136 Å². The third-order valence-corrected chi connectivity index (χ3v) is 3.87. The molecule has 0 radical (unpaired) electrons. The zero-order valence-electron chi connectivity index (χ0n) is 12.6. The van der Waals surface area contributed by atoms with Crippen LogP contribution in [0.1, 0.15) is 27.2 Å². The van der Waals surface area contributed by atoms with Gasteiger partial charge in [-0.05, 0) is 24.6 Å². The summed E-state index contributed by atoms with van der Waals surface area (Å²) in [5.74, 6) is -0.544. The largest absolute Gasteiger partial charge is 0.465 e. The number of rotatable bonds is 3. The molecular formula is C16H14ClN3O3. The highest BCUT2D eigenvalue weighted by Crippen LogP contribution is 2.16. The van der Waals surface area contributed by atoms with Crippen LogP contribution in [0, 0.1) is 6.92 Å². The van der Waals surface area contributed by atoms with Gasteiger partial charge in [0.2, 0.25) is 0 Å². The molecule has 0 atom stereocenters. The summed E-state index contributed by atoms with van der Waals surface area (Å²) in [5.41, 5.74) is 2.26. The first kappa shape index (κ1) is 15.3. The maximum atomic E-state index is 12.7. The Balaban J connectivity index is 2.12. The SMILES string of the molecule is COC(=O)c1c[nH]n2c(=O)c(Cc3cccc(Cl)c3)c(C)nc12. The van der Waals surface area contributed by atoms with Gasteiger partial charge in [-0.25, -0.2) is 14.3 Å². The maximum absolute atomic E-state index is 12.7. The number of esters is 1. The Hall–Kier alpha value is -2.60. The van der Waals surface area contributed by atoms with E-state index >= 15 is 0 Å². The molecule has 7 heteroatoms. The van der Waals surface area contributed by atoms with Crippen LogP contribution in [0.4, 0.5) is 0 Å². The van der Waals surface area contributed by atoms with Crippen LogP contribution in [0.25, 0.3) is 5.65 Å². The lowest BCUT2D eigenvalue weighted by Gasteiger charge is -2.06. The minimum Gasteiger partial charge on any atom is -0.465 e. The van der Waals surface area contributed by atoms with E-state index in [-0.39, 0.29) is 16.8 Å². The highest BCUT2D eigenvalue weighted by molar-refractivity contribution is 6.30. The number of fused-ring (bicyclic) bond motifs is 1. The van der Waals surface area contributed by atoms with Crippen molar-refractivity contribution >= 4 is 23.2 Å². The lowest BCUT2D eigenvalue weighted by Crippen LogP contribution is -2.22. The molecule has 2 aromatic heterocycles. The summed E-state index contributed by atoms with van der Waals surface area (Å²) < 4.78 is 5.94. The molecule has 0 fully saturated rings. The van der Waals surface area contributed by atoms with Crippen molar-refractivity contribution < 1.29 is 9.53 Å². The molecule has 3 aromatic rings. The molecule has 0 saturated heterocycles. The normalized spacial score (nSPS) is 10.9. The zero-order valence-corrected chi connectivity index (χ0v) is 13.3. The lowest BCUT2D eigenvalue weighted by atomic mass is 10.1. The standard InChI is InChI=1S/C16H14ClN3O3/c1-9-12(7-10-4-3-5-11(17)6-10)15(21)20-14(19-9)13(8-18-20)16(22)23-2/h3-6,8,18H,7H2,1-2H3. The van der Waals surface area contributed by atoms with E-state index in [1.165, 1.54) is 17.8 Å². The van der Waals surface area contributed by atoms with Gasteiger partial charge in [0.25, 0.3) is 5.56 Å². The van der Waals surface area contributed by atoms with Gasteiger partial charge in [-0.2, -0.15) is 0 Å². The number of methoxy groups -OCH3 is 1. The van der Waals surface area contributed by atoms with Gasteiger partial charge in [0.1, 0.15) is 5.56 Å². The Morgan fingerprint density at radius 1 is 1.43 bits per heavy atom. The number of carbonyl (C=O) groups is 1. The molecule has 0 aliphatic heterocycles. The molecule has 0 amide bonds. The molecule has 1 N–H and O–H groups in total. The minimum absolute atomic E-state index is 0.224. The Morgan fingerprint density at radius 2 is 2.22 bits per heavy atom. The number of halogens is 1. The first-order valence-electron chi connectivity index (χ1n) is 6.93. The van der Waals surface area contributed by atoms with Crippen molar-refractivity contribution in [1.82, 2.24) is 14.6 Å². The van der Waals surface area contributed by atoms with Gasteiger partial charge in [-0.1, -0.05) is 23.7 Å². The molecule has 6 nitrogen and oxygen atoms in total. The molecule has 2 heterocycles. The van der Waals surface area contributed by atoms with Crippen molar-refractivity contribution in [3.8, 4) is 0 Å². The first-order valence-corrected chi connectivity index (χ1v) is 7.31. The van der Waals surface area contributed by atoms with E-state index in [0.717, 1.165) is 5.56 Å². The molecule has 23 heavy (non-hydrogen) atoms. The Kier molecular flexibility index (Phi) is 3.92. The van der Waals surface area contributed by atoms with Crippen LogP contribution >= 0.6 is 11.6 Å². The van der Waals surface area contributed by atoms with Gasteiger partial charge in [0.15, 0.2) is 5.65 Å². The van der Waals surface area contributed by atoms with Crippen molar-refractivity contribution in [1.29, 1.82) is 0 Å². The fraction of sp³-hybridized carbons (Fsp3) is 0.188. The number of hydrogen-bond acceptors (Lipinski definition) is 4. The van der Waals surface area contributed by atoms with Crippen LogP contribution in [-0.2, 0) is 11.2 Å².